The van der Waals surface area contributed by atoms with Crippen LogP contribution in [0.1, 0.15) is 40.0 Å². The monoisotopic (exact) mass is 286 g/mol. The van der Waals surface area contributed by atoms with Crippen LogP contribution in [0, 0.1) is 5.92 Å². The van der Waals surface area contributed by atoms with Crippen LogP contribution >= 0.6 is 0 Å². The third-order valence-corrected chi connectivity index (χ3v) is 4.51. The van der Waals surface area contributed by atoms with Gasteiger partial charge in [0.25, 0.3) is 0 Å². The highest BCUT2D eigenvalue weighted by Crippen LogP contribution is 2.15. The summed E-state index contributed by atoms with van der Waals surface area (Å²) in [5.74, 6) is 0.741. The molecule has 3 atom stereocenters. The van der Waals surface area contributed by atoms with Gasteiger partial charge in [0.15, 0.2) is 0 Å². The molecule has 1 aliphatic heterocycles. The molecule has 0 aromatic heterocycles. The second-order valence-electron chi connectivity index (χ2n) is 6.04. The Morgan fingerprint density at radius 2 is 2.10 bits per heavy atom. The van der Waals surface area contributed by atoms with Gasteiger partial charge in [0.05, 0.1) is 6.61 Å². The van der Waals surface area contributed by atoms with Crippen LogP contribution < -0.4 is 5.32 Å². The molecule has 0 aliphatic carbocycles. The molecule has 3 unspecified atom stereocenters. The molecule has 0 spiro atoms. The summed E-state index contributed by atoms with van der Waals surface area (Å²) in [7, 11) is 1.74. The molecular formula is C16H34N2O2. The molecule has 20 heavy (non-hydrogen) atoms. The van der Waals surface area contributed by atoms with Gasteiger partial charge in [-0.25, -0.2) is 0 Å². The quantitative estimate of drug-likeness (QED) is 0.659. The Balaban J connectivity index is 2.29. The lowest BCUT2D eigenvalue weighted by molar-refractivity contribution is 0.0717. The molecule has 0 amide bonds. The summed E-state index contributed by atoms with van der Waals surface area (Å²) in [6, 6.07) is 1.28. The fraction of sp³-hybridized carbons (Fsp3) is 1.00. The predicted molar refractivity (Wildman–Crippen MR) is 84.2 cm³/mol. The normalized spacial score (nSPS) is 26.4. The molecule has 4 heteroatoms. The van der Waals surface area contributed by atoms with Gasteiger partial charge in [-0.05, 0) is 32.2 Å². The molecule has 0 radical (unpaired) electrons. The topological polar surface area (TPSA) is 33.7 Å². The Bertz CT molecular complexity index is 239. The number of nitrogens with zero attached hydrogens (tertiary/aromatic N) is 1. The highest BCUT2D eigenvalue weighted by molar-refractivity contribution is 4.83. The molecule has 0 saturated carbocycles. The molecule has 1 saturated heterocycles. The molecule has 4 nitrogen and oxygen atoms in total. The van der Waals surface area contributed by atoms with Gasteiger partial charge in [-0.15, -0.1) is 0 Å². The Hall–Kier alpha value is -0.160. The van der Waals surface area contributed by atoms with Crippen molar-refractivity contribution < 1.29 is 9.47 Å². The van der Waals surface area contributed by atoms with E-state index in [9.17, 15) is 0 Å². The fourth-order valence-electron chi connectivity index (χ4n) is 2.72. The smallest absolute Gasteiger partial charge is 0.0593 e. The molecule has 0 aromatic rings. The minimum absolute atomic E-state index is 0.624. The summed E-state index contributed by atoms with van der Waals surface area (Å²) < 4.78 is 10.7. The van der Waals surface area contributed by atoms with E-state index in [0.29, 0.717) is 12.1 Å². The molecule has 1 aliphatic rings. The van der Waals surface area contributed by atoms with Gasteiger partial charge in [-0.1, -0.05) is 20.3 Å². The molecule has 1 N–H and O–H groups in total. The van der Waals surface area contributed by atoms with Gasteiger partial charge in [0.1, 0.15) is 0 Å². The zero-order valence-corrected chi connectivity index (χ0v) is 13.9. The van der Waals surface area contributed by atoms with E-state index in [1.807, 2.05) is 0 Å². The predicted octanol–water partition coefficient (Wildman–Crippen LogP) is 2.14. The minimum Gasteiger partial charge on any atom is -0.385 e. The van der Waals surface area contributed by atoms with Crippen LogP contribution in [0.3, 0.4) is 0 Å². The first-order chi connectivity index (χ1) is 9.69. The van der Waals surface area contributed by atoms with Crippen molar-refractivity contribution in [3.63, 3.8) is 0 Å². The van der Waals surface area contributed by atoms with Crippen LogP contribution in [0.25, 0.3) is 0 Å². The second-order valence-corrected chi connectivity index (χ2v) is 6.04. The molecule has 1 rings (SSSR count). The lowest BCUT2D eigenvalue weighted by atomic mass is 9.99. The Labute approximate surface area is 125 Å². The first-order valence-corrected chi connectivity index (χ1v) is 8.23. The average molecular weight is 286 g/mol. The van der Waals surface area contributed by atoms with Crippen molar-refractivity contribution in [2.24, 2.45) is 5.92 Å². The number of ether oxygens (including phenoxy) is 2. The first-order valence-electron chi connectivity index (χ1n) is 8.23. The summed E-state index contributed by atoms with van der Waals surface area (Å²) in [5.41, 5.74) is 0. The lowest BCUT2D eigenvalue weighted by Gasteiger charge is -2.31. The summed E-state index contributed by atoms with van der Waals surface area (Å²) in [6.45, 7) is 12.7. The van der Waals surface area contributed by atoms with E-state index in [-0.39, 0.29) is 0 Å². The number of nitrogens with one attached hydrogen (secondary N) is 1. The number of hydrogen-bond acceptors (Lipinski definition) is 4. The number of rotatable bonds is 9. The van der Waals surface area contributed by atoms with Crippen LogP contribution in [0.15, 0.2) is 0 Å². The zero-order chi connectivity index (χ0) is 14.8. The maximum atomic E-state index is 5.71. The maximum absolute atomic E-state index is 5.71. The molecule has 120 valence electrons. The largest absolute Gasteiger partial charge is 0.385 e. The van der Waals surface area contributed by atoms with Crippen LogP contribution in [0.2, 0.25) is 0 Å². The van der Waals surface area contributed by atoms with Crippen molar-refractivity contribution >= 4 is 0 Å². The Morgan fingerprint density at radius 1 is 1.30 bits per heavy atom. The first kappa shape index (κ1) is 17.9. The van der Waals surface area contributed by atoms with Gasteiger partial charge in [-0.2, -0.15) is 0 Å². The van der Waals surface area contributed by atoms with Crippen LogP contribution in [0.4, 0.5) is 0 Å². The van der Waals surface area contributed by atoms with E-state index in [1.165, 1.54) is 12.8 Å². The van der Waals surface area contributed by atoms with E-state index < -0.39 is 0 Å². The highest BCUT2D eigenvalue weighted by Gasteiger charge is 2.25. The van der Waals surface area contributed by atoms with E-state index in [4.69, 9.17) is 9.47 Å². The SMILES string of the molecule is CCC(C)C1CN(CCOCCCOC)C(C)CCN1. The van der Waals surface area contributed by atoms with E-state index in [2.05, 4.69) is 31.0 Å². The minimum atomic E-state index is 0.624. The second kappa shape index (κ2) is 10.6. The number of hydrogen-bond donors (Lipinski definition) is 1. The molecule has 1 fully saturated rings. The van der Waals surface area contributed by atoms with Crippen LogP contribution in [0.5, 0.6) is 0 Å². The van der Waals surface area contributed by atoms with Crippen molar-refractivity contribution in [1.29, 1.82) is 0 Å². The molecule has 0 aromatic carbocycles. The molecular weight excluding hydrogens is 252 g/mol. The van der Waals surface area contributed by atoms with Gasteiger partial charge in [0.2, 0.25) is 0 Å². The van der Waals surface area contributed by atoms with Crippen molar-refractivity contribution in [2.75, 3.05) is 46.6 Å². The van der Waals surface area contributed by atoms with Gasteiger partial charge in [-0.3, -0.25) is 4.90 Å². The maximum Gasteiger partial charge on any atom is 0.0593 e. The van der Waals surface area contributed by atoms with Crippen molar-refractivity contribution in [3.8, 4) is 0 Å². The van der Waals surface area contributed by atoms with E-state index in [1.54, 1.807) is 7.11 Å². The third kappa shape index (κ3) is 6.53. The average Bonchev–Trinajstić information content (AvgIpc) is 2.64. The van der Waals surface area contributed by atoms with Gasteiger partial charge < -0.3 is 14.8 Å². The van der Waals surface area contributed by atoms with Gasteiger partial charge in [0, 0.05) is 45.5 Å². The Kier molecular flexibility index (Phi) is 9.44. The van der Waals surface area contributed by atoms with Gasteiger partial charge >= 0.3 is 0 Å². The standard InChI is InChI=1S/C16H34N2O2/c1-5-14(2)16-13-18(15(3)7-8-17-16)9-12-20-11-6-10-19-4/h14-17H,5-13H2,1-4H3. The zero-order valence-electron chi connectivity index (χ0n) is 13.9. The summed E-state index contributed by atoms with van der Waals surface area (Å²) >= 11 is 0. The molecule has 0 bridgehead atoms. The van der Waals surface area contributed by atoms with Crippen LogP contribution in [-0.4, -0.2) is 63.5 Å². The van der Waals surface area contributed by atoms with Crippen molar-refractivity contribution in [3.05, 3.63) is 0 Å². The summed E-state index contributed by atoms with van der Waals surface area (Å²) in [5, 5.41) is 3.71. The highest BCUT2D eigenvalue weighted by atomic mass is 16.5. The van der Waals surface area contributed by atoms with E-state index in [0.717, 1.165) is 51.8 Å². The Morgan fingerprint density at radius 3 is 2.80 bits per heavy atom. The fourth-order valence-corrected chi connectivity index (χ4v) is 2.72. The van der Waals surface area contributed by atoms with Crippen LogP contribution in [-0.2, 0) is 9.47 Å². The van der Waals surface area contributed by atoms with E-state index >= 15 is 0 Å². The summed E-state index contributed by atoms with van der Waals surface area (Å²) in [4.78, 5) is 2.59. The van der Waals surface area contributed by atoms with Crippen molar-refractivity contribution in [2.45, 2.75) is 52.1 Å². The molecule has 1 heterocycles. The lowest BCUT2D eigenvalue weighted by Crippen LogP contribution is -2.44. The summed E-state index contributed by atoms with van der Waals surface area (Å²) in [6.07, 6.45) is 3.47. The van der Waals surface area contributed by atoms with Crippen molar-refractivity contribution in [1.82, 2.24) is 10.2 Å². The number of methoxy groups -OCH3 is 1. The third-order valence-electron chi connectivity index (χ3n) is 4.51.